The first-order valence-electron chi connectivity index (χ1n) is 19.6. The van der Waals surface area contributed by atoms with Crippen LogP contribution in [0.3, 0.4) is 0 Å². The second kappa shape index (κ2) is 16.1. The first-order chi connectivity index (χ1) is 27.2. The summed E-state index contributed by atoms with van der Waals surface area (Å²) in [5.41, 5.74) is -1.02. The molecule has 306 valence electrons. The zero-order valence-electron chi connectivity index (χ0n) is 32.5. The van der Waals surface area contributed by atoms with E-state index in [1.165, 1.54) is 28.8 Å². The van der Waals surface area contributed by atoms with Gasteiger partial charge in [0.05, 0.1) is 36.5 Å². The van der Waals surface area contributed by atoms with Crippen LogP contribution in [0.15, 0.2) is 42.6 Å². The molecule has 3 aromatic rings. The fourth-order valence-electron chi connectivity index (χ4n) is 7.92. The fraction of sp³-hybridized carbons (Fsp3) is 0.550. The number of halogens is 1. The molecule has 3 amide bonds. The molecule has 1 saturated heterocycles. The van der Waals surface area contributed by atoms with Gasteiger partial charge in [-0.3, -0.25) is 28.6 Å². The minimum atomic E-state index is -3.89. The molecule has 17 heteroatoms. The zero-order valence-corrected chi connectivity index (χ0v) is 33.3. The third kappa shape index (κ3) is 8.62. The Hall–Kier alpha value is -5.06. The number of benzene rings is 1. The molecule has 0 spiro atoms. The van der Waals surface area contributed by atoms with Gasteiger partial charge in [-0.25, -0.2) is 17.8 Å². The van der Waals surface area contributed by atoms with Crippen molar-refractivity contribution in [1.82, 2.24) is 29.7 Å². The molecule has 2 aliphatic carbocycles. The largest absolute Gasteiger partial charge is 0.491 e. The van der Waals surface area contributed by atoms with Crippen LogP contribution in [-0.4, -0.2) is 94.8 Å². The van der Waals surface area contributed by atoms with Gasteiger partial charge in [-0.15, -0.1) is 0 Å². The Morgan fingerprint density at radius 3 is 2.58 bits per heavy atom. The van der Waals surface area contributed by atoms with E-state index in [9.17, 15) is 32.0 Å². The van der Waals surface area contributed by atoms with Gasteiger partial charge < -0.3 is 24.4 Å². The maximum absolute atomic E-state index is 14.9. The number of nitrogens with zero attached hydrogens (tertiary/aromatic N) is 4. The van der Waals surface area contributed by atoms with E-state index in [2.05, 4.69) is 20.1 Å². The molecular formula is C40H49FN6O9S. The fourth-order valence-corrected chi connectivity index (χ4v) is 9.30. The number of methoxy groups -OCH3 is 1. The third-order valence-corrected chi connectivity index (χ3v) is 13.0. The first-order valence-corrected chi connectivity index (χ1v) is 21.1. The van der Waals surface area contributed by atoms with Crippen molar-refractivity contribution >= 4 is 44.4 Å². The summed E-state index contributed by atoms with van der Waals surface area (Å²) in [6.07, 6.45) is 8.49. The van der Waals surface area contributed by atoms with Crippen LogP contribution in [0, 0.1) is 17.2 Å². The van der Waals surface area contributed by atoms with Crippen molar-refractivity contribution in [2.45, 2.75) is 108 Å². The number of ketones is 1. The van der Waals surface area contributed by atoms with Crippen molar-refractivity contribution in [2.75, 3.05) is 13.7 Å². The van der Waals surface area contributed by atoms with Gasteiger partial charge in [0.2, 0.25) is 27.7 Å². The van der Waals surface area contributed by atoms with Gasteiger partial charge in [0.15, 0.2) is 17.3 Å². The summed E-state index contributed by atoms with van der Waals surface area (Å²) in [7, 11) is -0.888. The molecule has 0 radical (unpaired) electrons. The molecule has 4 aliphatic rings. The molecule has 2 aliphatic heterocycles. The predicted molar refractivity (Wildman–Crippen MR) is 205 cm³/mol. The number of aromatic nitrogens is 3. The minimum Gasteiger partial charge on any atom is -0.491 e. The molecule has 2 aromatic heterocycles. The van der Waals surface area contributed by atoms with Crippen LogP contribution in [0.1, 0.15) is 88.5 Å². The molecule has 57 heavy (non-hydrogen) atoms. The highest BCUT2D eigenvalue weighted by Gasteiger charge is 2.61. The van der Waals surface area contributed by atoms with Crippen molar-refractivity contribution in [3.63, 3.8) is 0 Å². The molecule has 0 unspecified atom stereocenters. The number of hydrogen-bond acceptors (Lipinski definition) is 11. The quantitative estimate of drug-likeness (QED) is 0.280. The lowest BCUT2D eigenvalue weighted by molar-refractivity contribution is -0.140. The van der Waals surface area contributed by atoms with Crippen molar-refractivity contribution in [1.29, 1.82) is 0 Å². The number of carbonyl (C=O) groups excluding carboxylic acids is 4. The molecule has 2 N–H and O–H groups in total. The first kappa shape index (κ1) is 40.1. The lowest BCUT2D eigenvalue weighted by Gasteiger charge is -2.29. The standard InChI is InChI=1S/C40H49FN6O9S/c1-23(2)55-34-19-33(27-14-15-28(41)36(54-4)35(27)43-34)56-25-18-31-32(48)21-40(39(51)45-57(52,53)26-12-13-26)20-24(40)10-8-6-5-7-9-11-30(38(50)47(31)22-25)42-37(49)29-16-17-46(3)44-29/h8,10,14-17,19,23-26,30-31H,5-7,9,11-13,18,20-22H2,1-4H3,(H,42,49)(H,45,51)/b10-8-/t24-,25-,30+,31+,40-/m1/s1. The van der Waals surface area contributed by atoms with Gasteiger partial charge >= 0.3 is 0 Å². The summed E-state index contributed by atoms with van der Waals surface area (Å²) in [4.78, 5) is 62.4. The smallest absolute Gasteiger partial charge is 0.272 e. The topological polar surface area (TPSA) is 188 Å². The Morgan fingerprint density at radius 2 is 1.88 bits per heavy atom. The summed E-state index contributed by atoms with van der Waals surface area (Å²) in [5, 5.41) is 6.83. The van der Waals surface area contributed by atoms with E-state index >= 15 is 0 Å². The summed E-state index contributed by atoms with van der Waals surface area (Å²) >= 11 is 0. The Labute approximate surface area is 330 Å². The highest BCUT2D eigenvalue weighted by molar-refractivity contribution is 7.90. The van der Waals surface area contributed by atoms with E-state index in [1.807, 2.05) is 26.0 Å². The number of aryl methyl sites for hydroxylation is 1. The number of carbonyl (C=O) groups is 4. The van der Waals surface area contributed by atoms with Crippen LogP contribution in [0.4, 0.5) is 4.39 Å². The normalized spacial score (nSPS) is 26.2. The second-order valence-electron chi connectivity index (χ2n) is 15.8. The maximum Gasteiger partial charge on any atom is 0.272 e. The van der Waals surface area contributed by atoms with Crippen LogP contribution in [0.25, 0.3) is 10.9 Å². The van der Waals surface area contributed by atoms with E-state index in [0.29, 0.717) is 37.5 Å². The Balaban J connectivity index is 1.23. The number of allylic oxidation sites excluding steroid dienone is 2. The molecule has 7 rings (SSSR count). The summed E-state index contributed by atoms with van der Waals surface area (Å²) in [6.45, 7) is 3.56. The van der Waals surface area contributed by atoms with E-state index in [1.54, 1.807) is 25.4 Å². The molecule has 3 fully saturated rings. The number of Topliss-reactive ketones (excluding diaryl/α,β-unsaturated/α-hetero) is 1. The second-order valence-corrected chi connectivity index (χ2v) is 17.8. The van der Waals surface area contributed by atoms with E-state index in [4.69, 9.17) is 14.2 Å². The maximum atomic E-state index is 14.9. The van der Waals surface area contributed by atoms with Crippen molar-refractivity contribution in [3.05, 3.63) is 54.1 Å². The number of pyridine rings is 1. The van der Waals surface area contributed by atoms with Crippen LogP contribution >= 0.6 is 0 Å². The lowest BCUT2D eigenvalue weighted by Crippen LogP contribution is -2.52. The van der Waals surface area contributed by atoms with Crippen molar-refractivity contribution in [2.24, 2.45) is 18.4 Å². The zero-order chi connectivity index (χ0) is 40.6. The van der Waals surface area contributed by atoms with Gasteiger partial charge in [0, 0.05) is 37.5 Å². The average Bonchev–Trinajstić information content (AvgIpc) is 4.04. The van der Waals surface area contributed by atoms with Crippen LogP contribution < -0.4 is 24.2 Å². The monoisotopic (exact) mass is 808 g/mol. The number of sulfonamides is 1. The predicted octanol–water partition coefficient (Wildman–Crippen LogP) is 4.14. The molecular weight excluding hydrogens is 760 g/mol. The highest BCUT2D eigenvalue weighted by atomic mass is 32.2. The van der Waals surface area contributed by atoms with E-state index in [0.717, 1.165) is 12.8 Å². The van der Waals surface area contributed by atoms with Crippen molar-refractivity contribution in [3.8, 4) is 17.4 Å². The van der Waals surface area contributed by atoms with Gasteiger partial charge in [-0.2, -0.15) is 5.10 Å². The number of ether oxygens (including phenoxy) is 3. The Morgan fingerprint density at radius 1 is 1.09 bits per heavy atom. The molecule has 2 saturated carbocycles. The third-order valence-electron chi connectivity index (χ3n) is 11.2. The molecule has 15 nitrogen and oxygen atoms in total. The average molecular weight is 809 g/mol. The summed E-state index contributed by atoms with van der Waals surface area (Å²) in [6, 6.07) is 3.75. The number of rotatable bonds is 10. The van der Waals surface area contributed by atoms with Gasteiger partial charge in [0.1, 0.15) is 29.1 Å². The van der Waals surface area contributed by atoms with Crippen molar-refractivity contribution < 1.29 is 46.2 Å². The van der Waals surface area contributed by atoms with E-state index < -0.39 is 68.2 Å². The van der Waals surface area contributed by atoms with Crippen LogP contribution in [-0.2, 0) is 31.5 Å². The number of hydrogen-bond donors (Lipinski definition) is 2. The molecule has 1 aromatic carbocycles. The highest BCUT2D eigenvalue weighted by Crippen LogP contribution is 2.57. The number of nitrogens with one attached hydrogen (secondary N) is 2. The van der Waals surface area contributed by atoms with Gasteiger partial charge in [0.25, 0.3) is 5.91 Å². The Kier molecular flexibility index (Phi) is 11.3. The minimum absolute atomic E-state index is 0.0204. The van der Waals surface area contributed by atoms with Gasteiger partial charge in [-0.05, 0) is 76.5 Å². The molecule has 5 atom stereocenters. The van der Waals surface area contributed by atoms with Crippen LogP contribution in [0.5, 0.6) is 17.4 Å². The lowest BCUT2D eigenvalue weighted by atomic mass is 9.91. The summed E-state index contributed by atoms with van der Waals surface area (Å²) in [5.74, 6) is -2.88. The van der Waals surface area contributed by atoms with Crippen LogP contribution in [0.2, 0.25) is 0 Å². The Bertz CT molecular complexity index is 2210. The van der Waals surface area contributed by atoms with Gasteiger partial charge in [-0.1, -0.05) is 25.0 Å². The molecule has 0 bridgehead atoms. The molecule has 4 heterocycles. The van der Waals surface area contributed by atoms with E-state index in [-0.39, 0.29) is 66.4 Å². The number of amides is 3. The summed E-state index contributed by atoms with van der Waals surface area (Å²) < 4.78 is 62.2. The number of fused-ring (bicyclic) bond motifs is 3. The SMILES string of the molecule is COc1c(F)ccc2c(O[C@@H]3C[C@H]4C(=O)C[C@]5(C(=O)NS(=O)(=O)C6CC6)C[C@H]5/C=C\CCCCC[C@H](NC(=O)c5ccn(C)n5)C(=O)N4C3)cc(OC(C)C)nc12.